The van der Waals surface area contributed by atoms with Gasteiger partial charge in [-0.05, 0) is 69.4 Å². The highest BCUT2D eigenvalue weighted by Crippen LogP contribution is 2.39. The highest BCUT2D eigenvalue weighted by atomic mass is 16.5. The maximum atomic E-state index is 5.50. The van der Waals surface area contributed by atoms with Gasteiger partial charge in [0.05, 0.1) is 17.0 Å². The fourth-order valence-corrected chi connectivity index (χ4v) is 5.56. The number of rotatable bonds is 5. The Hall–Kier alpha value is -1.99. The van der Waals surface area contributed by atoms with Gasteiger partial charge in [-0.3, -0.25) is 0 Å². The lowest BCUT2D eigenvalue weighted by atomic mass is 10.00. The van der Waals surface area contributed by atoms with Gasteiger partial charge in [0.1, 0.15) is 11.6 Å². The summed E-state index contributed by atoms with van der Waals surface area (Å²) in [5, 5.41) is 16.4. The zero-order valence-corrected chi connectivity index (χ0v) is 17.4. The Balaban J connectivity index is 1.14. The van der Waals surface area contributed by atoms with Crippen molar-refractivity contribution >= 4 is 5.82 Å². The summed E-state index contributed by atoms with van der Waals surface area (Å²) in [5.41, 5.74) is 2.62. The van der Waals surface area contributed by atoms with E-state index in [0.29, 0.717) is 6.04 Å². The standard InChI is InChI=1S/C22H31N5O2/c1-14-22(15(2)29-26-14)20-3-4-21(25-24-20)23-19-9-17-12-27(13-18(17)10-19)11-16-5-7-28-8-6-16/h3-4,16-19H,5-13H2,1-2H3,(H,23,25)/t17-,18+,19?. The van der Waals surface area contributed by atoms with Crippen molar-refractivity contribution in [2.45, 2.75) is 45.6 Å². The Labute approximate surface area is 172 Å². The summed E-state index contributed by atoms with van der Waals surface area (Å²) in [6, 6.07) is 4.54. The SMILES string of the molecule is Cc1noc(C)c1-c1ccc(NC2C[C@@H]3CN(CC4CCOCC4)C[C@@H]3C2)nn1. The van der Waals surface area contributed by atoms with Crippen LogP contribution in [0.15, 0.2) is 16.7 Å². The smallest absolute Gasteiger partial charge is 0.148 e. The molecule has 2 aromatic heterocycles. The van der Waals surface area contributed by atoms with Crippen LogP contribution < -0.4 is 5.32 Å². The van der Waals surface area contributed by atoms with Crippen molar-refractivity contribution in [3.63, 3.8) is 0 Å². The predicted molar refractivity (Wildman–Crippen MR) is 111 cm³/mol. The molecule has 29 heavy (non-hydrogen) atoms. The first-order valence-corrected chi connectivity index (χ1v) is 11.0. The van der Waals surface area contributed by atoms with Crippen LogP contribution in [-0.2, 0) is 4.74 Å². The molecule has 2 aliphatic heterocycles. The van der Waals surface area contributed by atoms with Crippen LogP contribution in [-0.4, -0.2) is 59.1 Å². The van der Waals surface area contributed by atoms with E-state index in [1.165, 1.54) is 45.3 Å². The van der Waals surface area contributed by atoms with Crippen LogP contribution in [0.1, 0.15) is 37.1 Å². The van der Waals surface area contributed by atoms with Crippen molar-refractivity contribution in [2.75, 3.05) is 38.2 Å². The molecule has 0 amide bonds. The van der Waals surface area contributed by atoms with Crippen molar-refractivity contribution in [2.24, 2.45) is 17.8 Å². The summed E-state index contributed by atoms with van der Waals surface area (Å²) < 4.78 is 10.7. The van der Waals surface area contributed by atoms with E-state index < -0.39 is 0 Å². The first-order chi connectivity index (χ1) is 14.2. The number of ether oxygens (including phenoxy) is 1. The molecule has 1 N–H and O–H groups in total. The summed E-state index contributed by atoms with van der Waals surface area (Å²) in [6.07, 6.45) is 4.95. The predicted octanol–water partition coefficient (Wildman–Crippen LogP) is 3.30. The molecular weight excluding hydrogens is 366 g/mol. The van der Waals surface area contributed by atoms with E-state index >= 15 is 0 Å². The molecule has 1 saturated carbocycles. The van der Waals surface area contributed by atoms with Crippen LogP contribution in [0.25, 0.3) is 11.3 Å². The third kappa shape index (κ3) is 4.03. The highest BCUT2D eigenvalue weighted by Gasteiger charge is 2.41. The minimum absolute atomic E-state index is 0.509. The molecule has 4 heterocycles. The Bertz CT molecular complexity index is 797. The van der Waals surface area contributed by atoms with E-state index in [1.807, 2.05) is 26.0 Å². The fourth-order valence-electron chi connectivity index (χ4n) is 5.56. The Kier molecular flexibility index (Phi) is 5.26. The molecule has 3 aliphatic rings. The number of nitrogens with one attached hydrogen (secondary N) is 1. The van der Waals surface area contributed by atoms with Crippen molar-refractivity contribution in [3.8, 4) is 11.3 Å². The lowest BCUT2D eigenvalue weighted by molar-refractivity contribution is 0.0545. The molecule has 1 aliphatic carbocycles. The molecule has 156 valence electrons. The lowest BCUT2D eigenvalue weighted by Crippen LogP contribution is -2.32. The Morgan fingerprint density at radius 1 is 1.07 bits per heavy atom. The number of hydrogen-bond donors (Lipinski definition) is 1. The second-order valence-corrected chi connectivity index (χ2v) is 9.11. The van der Waals surface area contributed by atoms with E-state index in [1.54, 1.807) is 0 Å². The van der Waals surface area contributed by atoms with Gasteiger partial charge in [-0.1, -0.05) is 5.16 Å². The zero-order valence-electron chi connectivity index (χ0n) is 17.4. The van der Waals surface area contributed by atoms with Gasteiger partial charge in [-0.2, -0.15) is 0 Å². The first-order valence-electron chi connectivity index (χ1n) is 11.0. The fraction of sp³-hybridized carbons (Fsp3) is 0.682. The average molecular weight is 398 g/mol. The second kappa shape index (κ2) is 8.03. The minimum atomic E-state index is 0.509. The normalized spacial score (nSPS) is 28.0. The molecule has 3 fully saturated rings. The van der Waals surface area contributed by atoms with Crippen LogP contribution in [0.2, 0.25) is 0 Å². The van der Waals surface area contributed by atoms with E-state index in [4.69, 9.17) is 9.26 Å². The molecular formula is C22H31N5O2. The second-order valence-electron chi connectivity index (χ2n) is 9.11. The van der Waals surface area contributed by atoms with Crippen LogP contribution >= 0.6 is 0 Å². The Morgan fingerprint density at radius 2 is 1.83 bits per heavy atom. The van der Waals surface area contributed by atoms with Gasteiger partial charge in [-0.15, -0.1) is 10.2 Å². The van der Waals surface area contributed by atoms with Gasteiger partial charge in [0.2, 0.25) is 0 Å². The zero-order chi connectivity index (χ0) is 19.8. The minimum Gasteiger partial charge on any atom is -0.381 e. The van der Waals surface area contributed by atoms with Crippen molar-refractivity contribution in [1.82, 2.24) is 20.3 Å². The third-order valence-corrected chi connectivity index (χ3v) is 6.99. The van der Waals surface area contributed by atoms with E-state index in [2.05, 4.69) is 25.6 Å². The molecule has 2 aromatic rings. The topological polar surface area (TPSA) is 76.3 Å². The molecule has 0 spiro atoms. The molecule has 2 saturated heterocycles. The van der Waals surface area contributed by atoms with Crippen LogP contribution in [0.4, 0.5) is 5.82 Å². The molecule has 7 nitrogen and oxygen atoms in total. The number of hydrogen-bond acceptors (Lipinski definition) is 7. The molecule has 3 atom stereocenters. The van der Waals surface area contributed by atoms with E-state index in [9.17, 15) is 0 Å². The van der Waals surface area contributed by atoms with E-state index in [0.717, 1.165) is 59.5 Å². The molecule has 7 heteroatoms. The Morgan fingerprint density at radius 3 is 2.45 bits per heavy atom. The number of aryl methyl sites for hydroxylation is 2. The summed E-state index contributed by atoms with van der Waals surface area (Å²) in [7, 11) is 0. The van der Waals surface area contributed by atoms with Crippen LogP contribution in [0.5, 0.6) is 0 Å². The average Bonchev–Trinajstić information content (AvgIpc) is 3.36. The summed E-state index contributed by atoms with van der Waals surface area (Å²) >= 11 is 0. The molecule has 0 bridgehead atoms. The number of anilines is 1. The maximum Gasteiger partial charge on any atom is 0.148 e. The summed E-state index contributed by atoms with van der Waals surface area (Å²) in [4.78, 5) is 2.71. The molecule has 1 unspecified atom stereocenters. The maximum absolute atomic E-state index is 5.50. The summed E-state index contributed by atoms with van der Waals surface area (Å²) in [5.74, 6) is 4.13. The van der Waals surface area contributed by atoms with Gasteiger partial charge in [0.15, 0.2) is 0 Å². The van der Waals surface area contributed by atoms with Crippen LogP contribution in [0.3, 0.4) is 0 Å². The highest BCUT2D eigenvalue weighted by molar-refractivity contribution is 5.63. The number of fused-ring (bicyclic) bond motifs is 1. The van der Waals surface area contributed by atoms with Gasteiger partial charge in [0.25, 0.3) is 0 Å². The summed E-state index contributed by atoms with van der Waals surface area (Å²) in [6.45, 7) is 9.53. The molecule has 0 aromatic carbocycles. The largest absolute Gasteiger partial charge is 0.381 e. The van der Waals surface area contributed by atoms with Gasteiger partial charge in [-0.25, -0.2) is 0 Å². The van der Waals surface area contributed by atoms with E-state index in [-0.39, 0.29) is 0 Å². The van der Waals surface area contributed by atoms with Gasteiger partial charge < -0.3 is 19.5 Å². The van der Waals surface area contributed by atoms with Crippen molar-refractivity contribution < 1.29 is 9.26 Å². The number of nitrogens with zero attached hydrogens (tertiary/aromatic N) is 4. The monoisotopic (exact) mass is 397 g/mol. The first kappa shape index (κ1) is 19.0. The molecule has 0 radical (unpaired) electrons. The van der Waals surface area contributed by atoms with Gasteiger partial charge in [0, 0.05) is 38.9 Å². The molecule has 5 rings (SSSR count). The van der Waals surface area contributed by atoms with Gasteiger partial charge >= 0.3 is 0 Å². The van der Waals surface area contributed by atoms with Crippen molar-refractivity contribution in [1.29, 1.82) is 0 Å². The third-order valence-electron chi connectivity index (χ3n) is 6.99. The number of likely N-dealkylation sites (tertiary alicyclic amines) is 1. The lowest BCUT2D eigenvalue weighted by Gasteiger charge is -2.27. The number of aromatic nitrogens is 3. The van der Waals surface area contributed by atoms with Crippen LogP contribution in [0, 0.1) is 31.6 Å². The van der Waals surface area contributed by atoms with Crippen molar-refractivity contribution in [3.05, 3.63) is 23.6 Å². The quantitative estimate of drug-likeness (QED) is 0.829.